The number of ether oxygens (including phenoxy) is 1. The Labute approximate surface area is 168 Å². The molecule has 0 bridgehead atoms. The fourth-order valence-corrected chi connectivity index (χ4v) is 2.88. The number of nitrogens with zero attached hydrogens (tertiary/aromatic N) is 4. The van der Waals surface area contributed by atoms with Crippen molar-refractivity contribution in [3.05, 3.63) is 24.2 Å². The number of pyridine rings is 1. The summed E-state index contributed by atoms with van der Waals surface area (Å²) in [5.41, 5.74) is -1.25. The summed E-state index contributed by atoms with van der Waals surface area (Å²) >= 11 is 0. The Hall–Kier alpha value is -2.46. The molecule has 0 fully saturated rings. The predicted molar refractivity (Wildman–Crippen MR) is 82.5 cm³/mol. The molecule has 0 radical (unpaired) electrons. The van der Waals surface area contributed by atoms with Crippen LogP contribution in [-0.2, 0) is 17.0 Å². The molecular weight excluding hydrogens is 478 g/mol. The second-order valence-electron chi connectivity index (χ2n) is 5.71. The Morgan fingerprint density at radius 2 is 1.65 bits per heavy atom. The third-order valence-corrected chi connectivity index (χ3v) is 4.87. The SMILES string of the molecule is CCS(=O)c1cc(C(F)(F)F)cnc1-n1cnc(OCC(F)(F)C(F)(F)C(F)(F)F)n1. The zero-order valence-electron chi connectivity index (χ0n) is 14.9. The van der Waals surface area contributed by atoms with Gasteiger partial charge in [-0.05, 0) is 6.07 Å². The molecule has 2 aromatic heterocycles. The van der Waals surface area contributed by atoms with Gasteiger partial charge in [-0.3, -0.25) is 4.21 Å². The number of hydrogen-bond acceptors (Lipinski definition) is 5. The average Bonchev–Trinajstić information content (AvgIpc) is 3.12. The number of alkyl halides is 10. The van der Waals surface area contributed by atoms with Gasteiger partial charge >= 0.3 is 30.2 Å². The predicted octanol–water partition coefficient (Wildman–Crippen LogP) is 4.02. The van der Waals surface area contributed by atoms with E-state index in [-0.39, 0.29) is 5.75 Å². The van der Waals surface area contributed by atoms with Crippen LogP contribution in [0.15, 0.2) is 23.5 Å². The van der Waals surface area contributed by atoms with E-state index in [4.69, 9.17) is 0 Å². The highest BCUT2D eigenvalue weighted by atomic mass is 32.2. The normalized spacial score (nSPS) is 14.5. The summed E-state index contributed by atoms with van der Waals surface area (Å²) in [6.07, 6.45) is -10.4. The molecular formula is C14H10F10N4O2S. The fourth-order valence-electron chi connectivity index (χ4n) is 1.96. The summed E-state index contributed by atoms with van der Waals surface area (Å²) in [5.74, 6) is -12.7. The van der Waals surface area contributed by atoms with Crippen molar-refractivity contribution in [3.8, 4) is 11.8 Å². The maximum absolute atomic E-state index is 13.3. The summed E-state index contributed by atoms with van der Waals surface area (Å²) in [5, 5.41) is 3.34. The van der Waals surface area contributed by atoms with Gasteiger partial charge in [-0.15, -0.1) is 5.10 Å². The highest BCUT2D eigenvalue weighted by Crippen LogP contribution is 2.46. The quantitative estimate of drug-likeness (QED) is 0.551. The summed E-state index contributed by atoms with van der Waals surface area (Å²) in [4.78, 5) is 6.23. The van der Waals surface area contributed by atoms with E-state index in [9.17, 15) is 48.1 Å². The Morgan fingerprint density at radius 3 is 2.16 bits per heavy atom. The van der Waals surface area contributed by atoms with Crippen molar-refractivity contribution in [1.29, 1.82) is 0 Å². The van der Waals surface area contributed by atoms with Gasteiger partial charge in [0.2, 0.25) is 0 Å². The molecule has 31 heavy (non-hydrogen) atoms. The minimum Gasteiger partial charge on any atom is -0.456 e. The first kappa shape index (κ1) is 24.8. The van der Waals surface area contributed by atoms with Crippen molar-refractivity contribution in [2.45, 2.75) is 36.0 Å². The molecule has 0 N–H and O–H groups in total. The van der Waals surface area contributed by atoms with Crippen LogP contribution in [-0.4, -0.2) is 54.3 Å². The summed E-state index contributed by atoms with van der Waals surface area (Å²) in [7, 11) is -2.01. The molecule has 2 aromatic rings. The number of halogens is 10. The lowest BCUT2D eigenvalue weighted by Crippen LogP contribution is -2.54. The molecule has 0 aromatic carbocycles. The molecule has 0 aliphatic heterocycles. The van der Waals surface area contributed by atoms with Gasteiger partial charge in [-0.1, -0.05) is 6.92 Å². The average molecular weight is 488 g/mol. The van der Waals surface area contributed by atoms with Crippen LogP contribution in [0, 0.1) is 0 Å². The number of aromatic nitrogens is 4. The zero-order chi connectivity index (χ0) is 23.8. The van der Waals surface area contributed by atoms with Gasteiger partial charge in [0.25, 0.3) is 0 Å². The molecule has 0 saturated heterocycles. The molecule has 0 saturated carbocycles. The highest BCUT2D eigenvalue weighted by Gasteiger charge is 2.73. The molecule has 0 aliphatic carbocycles. The lowest BCUT2D eigenvalue weighted by Gasteiger charge is -2.27. The van der Waals surface area contributed by atoms with Crippen LogP contribution in [0.1, 0.15) is 12.5 Å². The lowest BCUT2D eigenvalue weighted by molar-refractivity contribution is -0.358. The first-order valence-corrected chi connectivity index (χ1v) is 9.16. The molecule has 0 spiro atoms. The standard InChI is InChI=1S/C14H10F10N4O2S/c1-2-31(29)8-3-7(12(17,18)19)4-25-9(8)28-6-26-10(27-28)30-5-11(15,16)13(20,21)14(22,23)24/h3-4,6H,2,5H2,1H3. The van der Waals surface area contributed by atoms with Crippen LogP contribution in [0.3, 0.4) is 0 Å². The van der Waals surface area contributed by atoms with Crippen LogP contribution in [0.5, 0.6) is 6.01 Å². The molecule has 174 valence electrons. The van der Waals surface area contributed by atoms with E-state index in [0.29, 0.717) is 23.3 Å². The van der Waals surface area contributed by atoms with E-state index in [1.165, 1.54) is 6.92 Å². The highest BCUT2D eigenvalue weighted by molar-refractivity contribution is 7.85. The lowest BCUT2D eigenvalue weighted by atomic mass is 10.2. The maximum atomic E-state index is 13.3. The molecule has 1 unspecified atom stereocenters. The molecule has 6 nitrogen and oxygen atoms in total. The molecule has 2 heterocycles. The van der Waals surface area contributed by atoms with Crippen molar-refractivity contribution in [3.63, 3.8) is 0 Å². The van der Waals surface area contributed by atoms with Crippen LogP contribution < -0.4 is 4.74 Å². The Morgan fingerprint density at radius 1 is 1.03 bits per heavy atom. The van der Waals surface area contributed by atoms with Gasteiger partial charge in [0, 0.05) is 11.9 Å². The van der Waals surface area contributed by atoms with Gasteiger partial charge in [0.05, 0.1) is 21.3 Å². The van der Waals surface area contributed by atoms with Gasteiger partial charge in [0.1, 0.15) is 6.33 Å². The van der Waals surface area contributed by atoms with Crippen molar-refractivity contribution >= 4 is 10.8 Å². The van der Waals surface area contributed by atoms with E-state index in [1.807, 2.05) is 0 Å². The monoisotopic (exact) mass is 488 g/mol. The van der Waals surface area contributed by atoms with E-state index >= 15 is 0 Å². The third kappa shape index (κ3) is 5.07. The van der Waals surface area contributed by atoms with Crippen LogP contribution >= 0.6 is 0 Å². The fraction of sp³-hybridized carbons (Fsp3) is 0.500. The van der Waals surface area contributed by atoms with Crippen LogP contribution in [0.4, 0.5) is 43.9 Å². The largest absolute Gasteiger partial charge is 0.460 e. The minimum atomic E-state index is -6.56. The Kier molecular flexibility index (Phi) is 6.59. The summed E-state index contributed by atoms with van der Waals surface area (Å²) in [6, 6.07) is -0.602. The molecule has 1 atom stereocenters. The van der Waals surface area contributed by atoms with E-state index < -0.39 is 63.9 Å². The first-order chi connectivity index (χ1) is 14.0. The van der Waals surface area contributed by atoms with Gasteiger partial charge in [-0.25, -0.2) is 4.98 Å². The Bertz CT molecular complexity index is 957. The van der Waals surface area contributed by atoms with Gasteiger partial charge < -0.3 is 4.74 Å². The van der Waals surface area contributed by atoms with Crippen molar-refractivity contribution in [1.82, 2.24) is 19.7 Å². The number of rotatable bonds is 7. The van der Waals surface area contributed by atoms with E-state index in [2.05, 4.69) is 19.8 Å². The maximum Gasteiger partial charge on any atom is 0.460 e. The van der Waals surface area contributed by atoms with Gasteiger partial charge in [0.15, 0.2) is 12.4 Å². The second kappa shape index (κ2) is 8.23. The smallest absolute Gasteiger partial charge is 0.456 e. The summed E-state index contributed by atoms with van der Waals surface area (Å²) < 4.78 is 144. The van der Waals surface area contributed by atoms with Crippen molar-refractivity contribution in [2.24, 2.45) is 0 Å². The minimum absolute atomic E-state index is 0.146. The van der Waals surface area contributed by atoms with Crippen molar-refractivity contribution < 1.29 is 52.8 Å². The van der Waals surface area contributed by atoms with E-state index in [0.717, 1.165) is 0 Å². The van der Waals surface area contributed by atoms with E-state index in [1.54, 1.807) is 0 Å². The second-order valence-corrected chi connectivity index (χ2v) is 7.42. The molecule has 2 rings (SSSR count). The third-order valence-electron chi connectivity index (χ3n) is 3.55. The van der Waals surface area contributed by atoms with Crippen LogP contribution in [0.25, 0.3) is 5.82 Å². The van der Waals surface area contributed by atoms with Crippen molar-refractivity contribution in [2.75, 3.05) is 12.4 Å². The number of hydrogen-bond donors (Lipinski definition) is 0. The van der Waals surface area contributed by atoms with Gasteiger partial charge in [-0.2, -0.15) is 53.6 Å². The molecule has 0 aliphatic rings. The zero-order valence-corrected chi connectivity index (χ0v) is 15.8. The first-order valence-electron chi connectivity index (χ1n) is 7.84. The topological polar surface area (TPSA) is 69.9 Å². The van der Waals surface area contributed by atoms with Crippen LogP contribution in [0.2, 0.25) is 0 Å². The molecule has 0 amide bonds. The summed E-state index contributed by atoms with van der Waals surface area (Å²) in [6.45, 7) is -1.09. The molecule has 17 heteroatoms. The Balaban J connectivity index is 2.31.